The fraction of sp³-hybridized carbons (Fsp3) is 0.316. The van der Waals surface area contributed by atoms with Crippen LogP contribution in [0.15, 0.2) is 48.5 Å². The van der Waals surface area contributed by atoms with Gasteiger partial charge in [0.25, 0.3) is 5.91 Å². The fourth-order valence-electron chi connectivity index (χ4n) is 2.52. The smallest absolute Gasteiger partial charge is 0.252 e. The van der Waals surface area contributed by atoms with Gasteiger partial charge in [-0.05, 0) is 43.9 Å². The zero-order valence-corrected chi connectivity index (χ0v) is 15.3. The Labute approximate surface area is 149 Å². The third kappa shape index (κ3) is 4.49. The standard InChI is InChI=1S/C19H24ClN3O/c1-22(2)15-11-9-14(10-12-15)18(23(3)4)13-21-19(24)16-7-5-6-8-17(16)20/h5-12,18H,13H2,1-4H3,(H,21,24). The van der Waals surface area contributed by atoms with Crippen LogP contribution in [-0.4, -0.2) is 45.5 Å². The molecule has 2 aromatic rings. The summed E-state index contributed by atoms with van der Waals surface area (Å²) in [4.78, 5) is 16.5. The van der Waals surface area contributed by atoms with Crippen molar-refractivity contribution in [2.45, 2.75) is 6.04 Å². The van der Waals surface area contributed by atoms with E-state index in [1.165, 1.54) is 0 Å². The van der Waals surface area contributed by atoms with Gasteiger partial charge < -0.3 is 15.1 Å². The van der Waals surface area contributed by atoms with Gasteiger partial charge >= 0.3 is 0 Å². The summed E-state index contributed by atoms with van der Waals surface area (Å²) in [5.41, 5.74) is 2.81. The largest absolute Gasteiger partial charge is 0.378 e. The first-order chi connectivity index (χ1) is 11.4. The fourth-order valence-corrected chi connectivity index (χ4v) is 2.74. The Morgan fingerprint density at radius 3 is 2.21 bits per heavy atom. The Balaban J connectivity index is 2.09. The molecule has 1 N–H and O–H groups in total. The molecule has 0 aliphatic carbocycles. The molecule has 1 unspecified atom stereocenters. The minimum absolute atomic E-state index is 0.0904. The van der Waals surface area contributed by atoms with Gasteiger partial charge in [-0.15, -0.1) is 0 Å². The van der Waals surface area contributed by atoms with Gasteiger partial charge in [0.05, 0.1) is 16.6 Å². The van der Waals surface area contributed by atoms with Crippen LogP contribution in [-0.2, 0) is 0 Å². The first-order valence-corrected chi connectivity index (χ1v) is 8.24. The van der Waals surface area contributed by atoms with Gasteiger partial charge in [-0.2, -0.15) is 0 Å². The molecule has 0 saturated heterocycles. The van der Waals surface area contributed by atoms with E-state index in [9.17, 15) is 4.79 Å². The van der Waals surface area contributed by atoms with E-state index < -0.39 is 0 Å². The molecule has 0 saturated carbocycles. The number of rotatable bonds is 6. The summed E-state index contributed by atoms with van der Waals surface area (Å²) >= 11 is 6.09. The van der Waals surface area contributed by atoms with Crippen LogP contribution in [0, 0.1) is 0 Å². The molecule has 2 rings (SSSR count). The quantitative estimate of drug-likeness (QED) is 0.871. The summed E-state index contributed by atoms with van der Waals surface area (Å²) in [6, 6.07) is 15.5. The average molecular weight is 346 g/mol. The Morgan fingerprint density at radius 2 is 1.67 bits per heavy atom. The summed E-state index contributed by atoms with van der Waals surface area (Å²) in [6.45, 7) is 0.512. The lowest BCUT2D eigenvalue weighted by molar-refractivity contribution is 0.0942. The number of hydrogen-bond donors (Lipinski definition) is 1. The highest BCUT2D eigenvalue weighted by Crippen LogP contribution is 2.21. The molecule has 0 fully saturated rings. The molecule has 0 radical (unpaired) electrons. The van der Waals surface area contributed by atoms with Crippen molar-refractivity contribution in [2.24, 2.45) is 0 Å². The van der Waals surface area contributed by atoms with Crippen molar-refractivity contribution in [1.82, 2.24) is 10.2 Å². The highest BCUT2D eigenvalue weighted by molar-refractivity contribution is 6.33. The van der Waals surface area contributed by atoms with E-state index >= 15 is 0 Å². The van der Waals surface area contributed by atoms with Crippen LogP contribution in [0.1, 0.15) is 22.0 Å². The molecule has 1 amide bonds. The number of nitrogens with zero attached hydrogens (tertiary/aromatic N) is 2. The van der Waals surface area contributed by atoms with Crippen LogP contribution in [0.4, 0.5) is 5.69 Å². The number of carbonyl (C=O) groups is 1. The Bertz CT molecular complexity index is 683. The van der Waals surface area contributed by atoms with Crippen molar-refractivity contribution in [1.29, 1.82) is 0 Å². The van der Waals surface area contributed by atoms with Gasteiger partial charge in [0.2, 0.25) is 0 Å². The molecule has 2 aromatic carbocycles. The summed E-state index contributed by atoms with van der Waals surface area (Å²) in [6.07, 6.45) is 0. The predicted octanol–water partition coefficient (Wildman–Crippen LogP) is 3.44. The number of amides is 1. The van der Waals surface area contributed by atoms with Crippen LogP contribution >= 0.6 is 11.6 Å². The number of likely N-dealkylation sites (N-methyl/N-ethyl adjacent to an activating group) is 1. The zero-order valence-electron chi connectivity index (χ0n) is 14.6. The normalized spacial score (nSPS) is 12.1. The van der Waals surface area contributed by atoms with Crippen LogP contribution in [0.25, 0.3) is 0 Å². The molecule has 4 nitrogen and oxygen atoms in total. The Kier molecular flexibility index (Phi) is 6.23. The maximum atomic E-state index is 12.3. The monoisotopic (exact) mass is 345 g/mol. The summed E-state index contributed by atoms with van der Waals surface area (Å²) in [7, 11) is 8.04. The summed E-state index contributed by atoms with van der Waals surface area (Å²) in [5, 5.41) is 3.45. The maximum Gasteiger partial charge on any atom is 0.252 e. The Morgan fingerprint density at radius 1 is 1.04 bits per heavy atom. The first-order valence-electron chi connectivity index (χ1n) is 7.86. The summed E-state index contributed by atoms with van der Waals surface area (Å²) in [5.74, 6) is -0.155. The minimum atomic E-state index is -0.155. The zero-order chi connectivity index (χ0) is 17.7. The molecule has 0 bridgehead atoms. The molecule has 0 aromatic heterocycles. The van der Waals surface area contributed by atoms with Crippen LogP contribution < -0.4 is 10.2 Å². The molecule has 1 atom stereocenters. The first kappa shape index (κ1) is 18.3. The number of anilines is 1. The average Bonchev–Trinajstić information content (AvgIpc) is 2.55. The van der Waals surface area contributed by atoms with Gasteiger partial charge in [-0.3, -0.25) is 4.79 Å². The van der Waals surface area contributed by atoms with Crippen molar-refractivity contribution in [3.05, 3.63) is 64.7 Å². The maximum absolute atomic E-state index is 12.3. The predicted molar refractivity (Wildman–Crippen MR) is 101 cm³/mol. The third-order valence-electron chi connectivity index (χ3n) is 3.99. The lowest BCUT2D eigenvalue weighted by Crippen LogP contribution is -2.34. The lowest BCUT2D eigenvalue weighted by atomic mass is 10.0. The second-order valence-corrected chi connectivity index (χ2v) is 6.56. The SMILES string of the molecule is CN(C)c1ccc(C(CNC(=O)c2ccccc2Cl)N(C)C)cc1. The molecular formula is C19H24ClN3O. The van der Waals surface area contributed by atoms with E-state index in [4.69, 9.17) is 11.6 Å². The highest BCUT2D eigenvalue weighted by atomic mass is 35.5. The van der Waals surface area contributed by atoms with Gasteiger partial charge in [0, 0.05) is 26.3 Å². The topological polar surface area (TPSA) is 35.6 Å². The number of hydrogen-bond acceptors (Lipinski definition) is 3. The van der Waals surface area contributed by atoms with E-state index in [2.05, 4.69) is 39.4 Å². The third-order valence-corrected chi connectivity index (χ3v) is 4.32. The molecule has 0 aliphatic rings. The van der Waals surface area contributed by atoms with E-state index in [0.717, 1.165) is 11.3 Å². The second-order valence-electron chi connectivity index (χ2n) is 6.16. The van der Waals surface area contributed by atoms with E-state index in [1.54, 1.807) is 12.1 Å². The van der Waals surface area contributed by atoms with E-state index in [-0.39, 0.29) is 11.9 Å². The number of halogens is 1. The van der Waals surface area contributed by atoms with Gasteiger partial charge in [0.15, 0.2) is 0 Å². The van der Waals surface area contributed by atoms with Crippen molar-refractivity contribution in [3.8, 4) is 0 Å². The summed E-state index contributed by atoms with van der Waals surface area (Å²) < 4.78 is 0. The Hall–Kier alpha value is -2.04. The molecule has 24 heavy (non-hydrogen) atoms. The molecule has 0 heterocycles. The number of nitrogens with one attached hydrogen (secondary N) is 1. The van der Waals surface area contributed by atoms with Crippen LogP contribution in [0.3, 0.4) is 0 Å². The molecular weight excluding hydrogens is 322 g/mol. The van der Waals surface area contributed by atoms with Crippen LogP contribution in [0.2, 0.25) is 5.02 Å². The number of carbonyl (C=O) groups excluding carboxylic acids is 1. The van der Waals surface area contributed by atoms with Crippen LogP contribution in [0.5, 0.6) is 0 Å². The van der Waals surface area contributed by atoms with Crippen molar-refractivity contribution in [2.75, 3.05) is 39.6 Å². The van der Waals surface area contributed by atoms with E-state index in [0.29, 0.717) is 17.1 Å². The lowest BCUT2D eigenvalue weighted by Gasteiger charge is -2.26. The van der Waals surface area contributed by atoms with Gasteiger partial charge in [-0.1, -0.05) is 35.9 Å². The molecule has 128 valence electrons. The van der Waals surface area contributed by atoms with Crippen molar-refractivity contribution >= 4 is 23.2 Å². The van der Waals surface area contributed by atoms with E-state index in [1.807, 2.05) is 40.3 Å². The highest BCUT2D eigenvalue weighted by Gasteiger charge is 2.17. The second kappa shape index (κ2) is 8.18. The minimum Gasteiger partial charge on any atom is -0.378 e. The molecule has 0 spiro atoms. The molecule has 0 aliphatic heterocycles. The van der Waals surface area contributed by atoms with Gasteiger partial charge in [0.1, 0.15) is 0 Å². The van der Waals surface area contributed by atoms with Crippen molar-refractivity contribution < 1.29 is 4.79 Å². The van der Waals surface area contributed by atoms with Gasteiger partial charge in [-0.25, -0.2) is 0 Å². The molecule has 5 heteroatoms. The number of benzene rings is 2. The van der Waals surface area contributed by atoms with Crippen molar-refractivity contribution in [3.63, 3.8) is 0 Å².